The minimum atomic E-state index is -1.26. The van der Waals surface area contributed by atoms with Crippen LogP contribution in [0.4, 0.5) is 13.2 Å². The summed E-state index contributed by atoms with van der Waals surface area (Å²) in [6.07, 6.45) is 1.81. The van der Waals surface area contributed by atoms with Crippen LogP contribution >= 0.6 is 0 Å². The van der Waals surface area contributed by atoms with Gasteiger partial charge in [0.05, 0.1) is 12.1 Å². The van der Waals surface area contributed by atoms with E-state index in [0.717, 1.165) is 61.7 Å². The highest BCUT2D eigenvalue weighted by Crippen LogP contribution is 2.38. The first-order valence-corrected chi connectivity index (χ1v) is 13.6. The Kier molecular flexibility index (Phi) is 10.6. The lowest BCUT2D eigenvalue weighted by molar-refractivity contribution is -0.123. The van der Waals surface area contributed by atoms with Crippen molar-refractivity contribution in [3.8, 4) is 0 Å². The number of hydrogen-bond acceptors (Lipinski definition) is 5. The van der Waals surface area contributed by atoms with Gasteiger partial charge in [0.1, 0.15) is 11.6 Å². The molecule has 0 saturated heterocycles. The second-order valence-electron chi connectivity index (χ2n) is 11.3. The molecular weight excluding hydrogens is 505 g/mol. The van der Waals surface area contributed by atoms with Gasteiger partial charge >= 0.3 is 0 Å². The second kappa shape index (κ2) is 13.4. The molecule has 2 aromatic carbocycles. The van der Waals surface area contributed by atoms with Gasteiger partial charge in [0.15, 0.2) is 6.67 Å². The Labute approximate surface area is 229 Å². The Morgan fingerprint density at radius 3 is 2.36 bits per heavy atom. The number of aliphatic hydroxyl groups excluding tert-OH is 1. The first kappa shape index (κ1) is 30.6. The van der Waals surface area contributed by atoms with Crippen LogP contribution in [0.5, 0.6) is 0 Å². The maximum atomic E-state index is 13.8. The molecule has 39 heavy (non-hydrogen) atoms. The van der Waals surface area contributed by atoms with Gasteiger partial charge in [0.25, 0.3) is 5.91 Å². The SMILES string of the molecule is CCNN=C1CCC(NCC(O)C(Cc2cc(F)cc(F)c2)NC(=O)CF)(c2cccc(C(C)(C)C)c2)CC1. The van der Waals surface area contributed by atoms with Crippen LogP contribution in [0.2, 0.25) is 0 Å². The molecule has 0 heterocycles. The van der Waals surface area contributed by atoms with Crippen LogP contribution in [0.3, 0.4) is 0 Å². The number of rotatable bonds is 11. The summed E-state index contributed by atoms with van der Waals surface area (Å²) in [6.45, 7) is 8.03. The molecule has 6 nitrogen and oxygen atoms in total. The van der Waals surface area contributed by atoms with E-state index in [-0.39, 0.29) is 23.9 Å². The molecule has 0 radical (unpaired) electrons. The van der Waals surface area contributed by atoms with Crippen molar-refractivity contribution < 1.29 is 23.1 Å². The zero-order valence-corrected chi connectivity index (χ0v) is 23.3. The monoisotopic (exact) mass is 546 g/mol. The molecule has 0 aliphatic heterocycles. The number of nitrogens with one attached hydrogen (secondary N) is 3. The van der Waals surface area contributed by atoms with Crippen LogP contribution in [0.25, 0.3) is 0 Å². The fraction of sp³-hybridized carbons (Fsp3) is 0.533. The number of halogens is 3. The van der Waals surface area contributed by atoms with Crippen molar-refractivity contribution in [1.29, 1.82) is 0 Å². The largest absolute Gasteiger partial charge is 0.390 e. The third-order valence-electron chi connectivity index (χ3n) is 7.32. The summed E-state index contributed by atoms with van der Waals surface area (Å²) in [5.41, 5.74) is 6.15. The average Bonchev–Trinajstić information content (AvgIpc) is 2.89. The Bertz CT molecular complexity index is 1120. The lowest BCUT2D eigenvalue weighted by atomic mass is 9.74. The van der Waals surface area contributed by atoms with Crippen molar-refractivity contribution in [3.05, 3.63) is 70.8 Å². The summed E-state index contributed by atoms with van der Waals surface area (Å²) >= 11 is 0. The number of benzene rings is 2. The van der Waals surface area contributed by atoms with E-state index in [2.05, 4.69) is 60.1 Å². The van der Waals surface area contributed by atoms with Gasteiger partial charge in [0.2, 0.25) is 0 Å². The van der Waals surface area contributed by atoms with Gasteiger partial charge in [-0.1, -0.05) is 45.0 Å². The van der Waals surface area contributed by atoms with Crippen molar-refractivity contribution >= 4 is 11.6 Å². The predicted octanol–water partition coefficient (Wildman–Crippen LogP) is 4.64. The van der Waals surface area contributed by atoms with Gasteiger partial charge < -0.3 is 21.2 Å². The topological polar surface area (TPSA) is 85.8 Å². The summed E-state index contributed by atoms with van der Waals surface area (Å²) in [6, 6.07) is 10.5. The van der Waals surface area contributed by atoms with Gasteiger partial charge in [-0.05, 0) is 73.3 Å². The zero-order chi connectivity index (χ0) is 28.6. The van der Waals surface area contributed by atoms with E-state index in [1.807, 2.05) is 13.0 Å². The summed E-state index contributed by atoms with van der Waals surface area (Å²) in [5, 5.41) is 21.7. The lowest BCUT2D eigenvalue weighted by Gasteiger charge is -2.41. The molecule has 2 unspecified atom stereocenters. The van der Waals surface area contributed by atoms with Gasteiger partial charge in [0, 0.05) is 30.4 Å². The quantitative estimate of drug-likeness (QED) is 0.309. The van der Waals surface area contributed by atoms with Gasteiger partial charge in [-0.25, -0.2) is 13.2 Å². The molecule has 214 valence electrons. The normalized spacial score (nSPS) is 19.3. The average molecular weight is 547 g/mol. The number of nitrogens with zero attached hydrogens (tertiary/aromatic N) is 1. The zero-order valence-electron chi connectivity index (χ0n) is 23.3. The number of hydrogen-bond donors (Lipinski definition) is 4. The van der Waals surface area contributed by atoms with Crippen LogP contribution in [0.15, 0.2) is 47.6 Å². The maximum absolute atomic E-state index is 13.8. The van der Waals surface area contributed by atoms with Crippen LogP contribution in [-0.2, 0) is 22.2 Å². The number of amides is 1. The van der Waals surface area contributed by atoms with E-state index in [0.29, 0.717) is 0 Å². The highest BCUT2D eigenvalue weighted by atomic mass is 19.1. The molecule has 9 heteroatoms. The van der Waals surface area contributed by atoms with Crippen LogP contribution in [-0.4, -0.2) is 48.6 Å². The maximum Gasteiger partial charge on any atom is 0.251 e. The lowest BCUT2D eigenvalue weighted by Crippen LogP contribution is -2.54. The molecule has 0 bridgehead atoms. The summed E-state index contributed by atoms with van der Waals surface area (Å²) in [5.74, 6) is -2.42. The van der Waals surface area contributed by atoms with E-state index in [9.17, 15) is 23.1 Å². The molecule has 3 rings (SSSR count). The van der Waals surface area contributed by atoms with E-state index in [4.69, 9.17) is 0 Å². The Morgan fingerprint density at radius 2 is 1.77 bits per heavy atom. The van der Waals surface area contributed by atoms with E-state index < -0.39 is 41.9 Å². The van der Waals surface area contributed by atoms with Crippen LogP contribution in [0, 0.1) is 11.6 Å². The minimum Gasteiger partial charge on any atom is -0.390 e. The van der Waals surface area contributed by atoms with E-state index in [1.165, 1.54) is 5.56 Å². The number of carbonyl (C=O) groups is 1. The molecular formula is C30H41F3N4O2. The third kappa shape index (κ3) is 8.54. The van der Waals surface area contributed by atoms with Crippen molar-refractivity contribution in [2.75, 3.05) is 19.8 Å². The molecule has 2 aromatic rings. The number of aliphatic hydroxyl groups is 1. The molecule has 0 aromatic heterocycles. The van der Waals surface area contributed by atoms with E-state index >= 15 is 0 Å². The summed E-state index contributed by atoms with van der Waals surface area (Å²) in [7, 11) is 0. The molecule has 4 N–H and O–H groups in total. The fourth-order valence-corrected chi connectivity index (χ4v) is 5.07. The molecule has 1 saturated carbocycles. The number of carbonyl (C=O) groups excluding carboxylic acids is 1. The van der Waals surface area contributed by atoms with Crippen molar-refractivity contribution in [2.24, 2.45) is 5.10 Å². The summed E-state index contributed by atoms with van der Waals surface area (Å²) < 4.78 is 40.6. The Balaban J connectivity index is 1.86. The molecule has 1 fully saturated rings. The van der Waals surface area contributed by atoms with E-state index in [1.54, 1.807) is 0 Å². The van der Waals surface area contributed by atoms with Gasteiger partial charge in [-0.2, -0.15) is 5.10 Å². The second-order valence-corrected chi connectivity index (χ2v) is 11.3. The standard InChI is InChI=1S/C30H41F3N4O2/c1-5-35-37-25-9-11-30(12-10-25,22-8-6-7-21(16-22)29(2,3)4)34-19-27(38)26(36-28(39)18-31)15-20-13-23(32)17-24(33)14-20/h6-8,13-14,16-17,26-27,34-35,38H,5,9-12,15,18-19H2,1-4H3,(H,36,39). The Morgan fingerprint density at radius 1 is 1.10 bits per heavy atom. The molecule has 1 amide bonds. The van der Waals surface area contributed by atoms with Gasteiger partial charge in [-0.3, -0.25) is 4.79 Å². The predicted molar refractivity (Wildman–Crippen MR) is 148 cm³/mol. The van der Waals surface area contributed by atoms with Gasteiger partial charge in [-0.15, -0.1) is 0 Å². The number of hydrazone groups is 1. The van der Waals surface area contributed by atoms with Crippen LogP contribution < -0.4 is 16.1 Å². The molecule has 2 atom stereocenters. The first-order valence-electron chi connectivity index (χ1n) is 13.6. The Hall–Kier alpha value is -2.91. The molecule has 1 aliphatic carbocycles. The third-order valence-corrected chi connectivity index (χ3v) is 7.32. The molecule has 0 spiro atoms. The molecule has 1 aliphatic rings. The van der Waals surface area contributed by atoms with Crippen LogP contribution in [0.1, 0.15) is 70.1 Å². The smallest absolute Gasteiger partial charge is 0.251 e. The minimum absolute atomic E-state index is 0.0506. The highest BCUT2D eigenvalue weighted by Gasteiger charge is 2.37. The number of alkyl halides is 1. The first-order chi connectivity index (χ1) is 18.5. The van der Waals surface area contributed by atoms with Crippen molar-refractivity contribution in [2.45, 2.75) is 82.9 Å². The fourth-order valence-electron chi connectivity index (χ4n) is 5.07. The summed E-state index contributed by atoms with van der Waals surface area (Å²) in [4.78, 5) is 11.9. The van der Waals surface area contributed by atoms with Crippen molar-refractivity contribution in [1.82, 2.24) is 16.1 Å². The van der Waals surface area contributed by atoms with Crippen molar-refractivity contribution in [3.63, 3.8) is 0 Å². The highest BCUT2D eigenvalue weighted by molar-refractivity contribution is 5.85.